The molecule has 0 bridgehead atoms. The summed E-state index contributed by atoms with van der Waals surface area (Å²) in [7, 11) is 0. The third-order valence-corrected chi connectivity index (χ3v) is 4.95. The highest BCUT2D eigenvalue weighted by Gasteiger charge is 2.30. The summed E-state index contributed by atoms with van der Waals surface area (Å²) in [6.07, 6.45) is 8.03. The van der Waals surface area contributed by atoms with Gasteiger partial charge in [0.05, 0.1) is 0 Å². The van der Waals surface area contributed by atoms with Crippen LogP contribution in [0.1, 0.15) is 44.6 Å². The van der Waals surface area contributed by atoms with Crippen molar-refractivity contribution >= 4 is 5.69 Å². The number of nitrogens with two attached hydrogens (primary N) is 1. The van der Waals surface area contributed by atoms with Crippen molar-refractivity contribution in [1.82, 2.24) is 0 Å². The summed E-state index contributed by atoms with van der Waals surface area (Å²) in [5, 5.41) is 0. The highest BCUT2D eigenvalue weighted by Crippen LogP contribution is 2.36. The molecule has 1 aliphatic carbocycles. The predicted molar refractivity (Wildman–Crippen MR) is 81.5 cm³/mol. The summed E-state index contributed by atoms with van der Waals surface area (Å²) in [4.78, 5) is 2.60. The number of rotatable bonds is 4. The second-order valence-electron chi connectivity index (χ2n) is 6.38. The average Bonchev–Trinajstić information content (AvgIpc) is 2.37. The van der Waals surface area contributed by atoms with E-state index in [1.807, 2.05) is 0 Å². The maximum absolute atomic E-state index is 6.31. The molecule has 2 aliphatic rings. The summed E-state index contributed by atoms with van der Waals surface area (Å²) < 4.78 is 0. The fourth-order valence-electron chi connectivity index (χ4n) is 3.60. The van der Waals surface area contributed by atoms with Crippen LogP contribution in [0.15, 0.2) is 24.3 Å². The van der Waals surface area contributed by atoms with Gasteiger partial charge in [-0.2, -0.15) is 0 Å². The van der Waals surface area contributed by atoms with Gasteiger partial charge in [0, 0.05) is 24.3 Å². The van der Waals surface area contributed by atoms with Gasteiger partial charge in [-0.3, -0.25) is 0 Å². The van der Waals surface area contributed by atoms with E-state index in [-0.39, 0.29) is 6.04 Å². The molecule has 1 aromatic rings. The molecule has 2 nitrogen and oxygen atoms in total. The van der Waals surface area contributed by atoms with Crippen molar-refractivity contribution in [1.29, 1.82) is 0 Å². The Morgan fingerprint density at radius 1 is 1.26 bits per heavy atom. The van der Waals surface area contributed by atoms with E-state index in [9.17, 15) is 0 Å². The number of hydrogen-bond donors (Lipinski definition) is 1. The lowest BCUT2D eigenvalue weighted by molar-refractivity contribution is 0.259. The molecule has 0 aromatic heterocycles. The SMILES string of the molecule is C[C@H](N)[C@@H](CC1CCC1)N1CCCc2ccccc21. The Hall–Kier alpha value is -1.02. The normalized spacial score (nSPS) is 22.5. The Kier molecular flexibility index (Phi) is 3.79. The van der Waals surface area contributed by atoms with Crippen LogP contribution < -0.4 is 10.6 Å². The van der Waals surface area contributed by atoms with Crippen molar-refractivity contribution in [2.24, 2.45) is 11.7 Å². The summed E-state index contributed by atoms with van der Waals surface area (Å²) in [6.45, 7) is 3.36. The minimum absolute atomic E-state index is 0.256. The molecule has 0 unspecified atom stereocenters. The Labute approximate surface area is 117 Å². The van der Waals surface area contributed by atoms with Crippen LogP contribution in [0.5, 0.6) is 0 Å². The van der Waals surface area contributed by atoms with E-state index in [0.717, 1.165) is 5.92 Å². The molecule has 1 aliphatic heterocycles. The zero-order chi connectivity index (χ0) is 13.2. The minimum Gasteiger partial charge on any atom is -0.367 e. The second kappa shape index (κ2) is 5.54. The zero-order valence-corrected chi connectivity index (χ0v) is 12.0. The molecular formula is C17H26N2. The lowest BCUT2D eigenvalue weighted by Crippen LogP contribution is -2.50. The third-order valence-electron chi connectivity index (χ3n) is 4.95. The van der Waals surface area contributed by atoms with Crippen molar-refractivity contribution in [3.8, 4) is 0 Å². The van der Waals surface area contributed by atoms with Crippen LogP contribution in [0.4, 0.5) is 5.69 Å². The van der Waals surface area contributed by atoms with Gasteiger partial charge >= 0.3 is 0 Å². The second-order valence-corrected chi connectivity index (χ2v) is 6.38. The van der Waals surface area contributed by atoms with Gasteiger partial charge in [-0.1, -0.05) is 37.5 Å². The predicted octanol–water partition coefficient (Wildman–Crippen LogP) is 3.35. The fraction of sp³-hybridized carbons (Fsp3) is 0.647. The van der Waals surface area contributed by atoms with Gasteiger partial charge in [-0.25, -0.2) is 0 Å². The quantitative estimate of drug-likeness (QED) is 0.897. The van der Waals surface area contributed by atoms with Crippen molar-refractivity contribution in [2.45, 2.75) is 57.5 Å². The smallest absolute Gasteiger partial charge is 0.0441 e. The van der Waals surface area contributed by atoms with Gasteiger partial charge in [0.2, 0.25) is 0 Å². The highest BCUT2D eigenvalue weighted by molar-refractivity contribution is 5.56. The number of hydrogen-bond acceptors (Lipinski definition) is 2. The molecule has 1 aromatic carbocycles. The monoisotopic (exact) mass is 258 g/mol. The topological polar surface area (TPSA) is 29.3 Å². The van der Waals surface area contributed by atoms with E-state index in [1.165, 1.54) is 56.3 Å². The fourth-order valence-corrected chi connectivity index (χ4v) is 3.60. The van der Waals surface area contributed by atoms with E-state index < -0.39 is 0 Å². The van der Waals surface area contributed by atoms with Gasteiger partial charge in [0.15, 0.2) is 0 Å². The third kappa shape index (κ3) is 2.64. The van der Waals surface area contributed by atoms with Gasteiger partial charge in [0.25, 0.3) is 0 Å². The van der Waals surface area contributed by atoms with Crippen LogP contribution in [0, 0.1) is 5.92 Å². The molecule has 2 atom stereocenters. The van der Waals surface area contributed by atoms with E-state index in [4.69, 9.17) is 5.73 Å². The first-order chi connectivity index (χ1) is 9.25. The van der Waals surface area contributed by atoms with Gasteiger partial charge in [-0.05, 0) is 43.7 Å². The molecule has 1 saturated carbocycles. The van der Waals surface area contributed by atoms with E-state index in [2.05, 4.69) is 36.1 Å². The van der Waals surface area contributed by atoms with Crippen molar-refractivity contribution in [3.63, 3.8) is 0 Å². The molecule has 2 heteroatoms. The largest absolute Gasteiger partial charge is 0.367 e. The van der Waals surface area contributed by atoms with Crippen LogP contribution in [-0.2, 0) is 6.42 Å². The number of nitrogens with zero attached hydrogens (tertiary/aromatic N) is 1. The zero-order valence-electron chi connectivity index (χ0n) is 12.0. The first kappa shape index (κ1) is 13.0. The Morgan fingerprint density at radius 2 is 2.05 bits per heavy atom. The van der Waals surface area contributed by atoms with Crippen molar-refractivity contribution in [2.75, 3.05) is 11.4 Å². The molecule has 19 heavy (non-hydrogen) atoms. The molecule has 0 amide bonds. The Balaban J connectivity index is 1.82. The van der Waals surface area contributed by atoms with Crippen LogP contribution in [0.2, 0.25) is 0 Å². The number of para-hydroxylation sites is 1. The average molecular weight is 258 g/mol. The number of fused-ring (bicyclic) bond motifs is 1. The van der Waals surface area contributed by atoms with Crippen LogP contribution in [-0.4, -0.2) is 18.6 Å². The summed E-state index contributed by atoms with van der Waals surface area (Å²) in [6, 6.07) is 9.67. The highest BCUT2D eigenvalue weighted by atomic mass is 15.2. The van der Waals surface area contributed by atoms with E-state index in [1.54, 1.807) is 0 Å². The molecule has 1 fully saturated rings. The first-order valence-corrected chi connectivity index (χ1v) is 7.86. The molecule has 0 radical (unpaired) electrons. The summed E-state index contributed by atoms with van der Waals surface area (Å²) in [5.74, 6) is 0.921. The van der Waals surface area contributed by atoms with Crippen LogP contribution >= 0.6 is 0 Å². The molecule has 0 spiro atoms. The molecule has 0 saturated heterocycles. The molecule has 3 rings (SSSR count). The Morgan fingerprint density at radius 3 is 2.74 bits per heavy atom. The maximum Gasteiger partial charge on any atom is 0.0441 e. The number of aryl methyl sites for hydroxylation is 1. The van der Waals surface area contributed by atoms with Gasteiger partial charge in [0.1, 0.15) is 0 Å². The molecular weight excluding hydrogens is 232 g/mol. The number of anilines is 1. The summed E-state index contributed by atoms with van der Waals surface area (Å²) in [5.41, 5.74) is 9.26. The van der Waals surface area contributed by atoms with Crippen molar-refractivity contribution in [3.05, 3.63) is 29.8 Å². The lowest BCUT2D eigenvalue weighted by atomic mass is 9.79. The van der Waals surface area contributed by atoms with Gasteiger partial charge in [-0.15, -0.1) is 0 Å². The minimum atomic E-state index is 0.256. The van der Waals surface area contributed by atoms with Crippen molar-refractivity contribution < 1.29 is 0 Å². The molecule has 104 valence electrons. The summed E-state index contributed by atoms with van der Waals surface area (Å²) >= 11 is 0. The van der Waals surface area contributed by atoms with Crippen LogP contribution in [0.3, 0.4) is 0 Å². The van der Waals surface area contributed by atoms with E-state index in [0.29, 0.717) is 6.04 Å². The van der Waals surface area contributed by atoms with Crippen LogP contribution in [0.25, 0.3) is 0 Å². The Bertz CT molecular complexity index is 423. The van der Waals surface area contributed by atoms with Gasteiger partial charge < -0.3 is 10.6 Å². The lowest BCUT2D eigenvalue weighted by Gasteiger charge is -2.42. The first-order valence-electron chi connectivity index (χ1n) is 7.86. The maximum atomic E-state index is 6.31. The molecule has 2 N–H and O–H groups in total. The standard InChI is InChI=1S/C17H26N2/c1-13(18)17(12-14-6-4-7-14)19-11-5-9-15-8-2-3-10-16(15)19/h2-3,8,10,13-14,17H,4-7,9,11-12,18H2,1H3/t13-,17+/m0/s1. The molecule has 1 heterocycles. The number of benzene rings is 1. The van der Waals surface area contributed by atoms with E-state index >= 15 is 0 Å².